The van der Waals surface area contributed by atoms with Crippen LogP contribution in [0.2, 0.25) is 0 Å². The topological polar surface area (TPSA) is 94.0 Å². The van der Waals surface area contributed by atoms with E-state index in [1.165, 1.54) is 0 Å². The minimum atomic E-state index is -0.248. The summed E-state index contributed by atoms with van der Waals surface area (Å²) in [6.45, 7) is 0.836. The third-order valence-electron chi connectivity index (χ3n) is 4.68. The maximum absolute atomic E-state index is 12.8. The molecule has 8 nitrogen and oxygen atoms in total. The number of nitrogens with zero attached hydrogens (tertiary/aromatic N) is 4. The number of amides is 1. The summed E-state index contributed by atoms with van der Waals surface area (Å²) in [5.74, 6) is 1.04. The minimum absolute atomic E-state index is 0.248. The Hall–Kier alpha value is -3.72. The van der Waals surface area contributed by atoms with E-state index in [1.54, 1.807) is 30.1 Å². The molecule has 4 aromatic rings. The van der Waals surface area contributed by atoms with Gasteiger partial charge in [-0.3, -0.25) is 4.79 Å². The highest BCUT2D eigenvalue weighted by atomic mass is 79.9. The zero-order chi connectivity index (χ0) is 22.3. The van der Waals surface area contributed by atoms with Gasteiger partial charge in [0.1, 0.15) is 17.3 Å². The normalized spacial score (nSPS) is 10.6. The van der Waals surface area contributed by atoms with Crippen LogP contribution in [0.25, 0.3) is 0 Å². The number of benzene rings is 2. The van der Waals surface area contributed by atoms with Crippen LogP contribution < -0.4 is 15.4 Å². The van der Waals surface area contributed by atoms with Gasteiger partial charge in [0.15, 0.2) is 0 Å². The minimum Gasteiger partial charge on any atom is -0.497 e. The maximum Gasteiger partial charge on any atom is 0.255 e. The summed E-state index contributed by atoms with van der Waals surface area (Å²) < 4.78 is 7.88. The lowest BCUT2D eigenvalue weighted by molar-refractivity contribution is 0.0951. The van der Waals surface area contributed by atoms with Gasteiger partial charge in [-0.05, 0) is 54.1 Å². The first-order chi connectivity index (χ1) is 15.6. The van der Waals surface area contributed by atoms with E-state index in [9.17, 15) is 4.79 Å². The third kappa shape index (κ3) is 5.50. The highest BCUT2D eigenvalue weighted by Crippen LogP contribution is 2.20. The number of carbonyl (C=O) groups excluding carboxylic acids is 1. The van der Waals surface area contributed by atoms with Crippen LogP contribution in [0, 0.1) is 0 Å². The number of nitrogens with one attached hydrogen (secondary N) is 2. The summed E-state index contributed by atoms with van der Waals surface area (Å²) in [4.78, 5) is 17.1. The number of carbonyl (C=O) groups is 1. The molecule has 2 N–H and O–H groups in total. The Kier molecular flexibility index (Phi) is 6.76. The number of methoxy groups -OCH3 is 1. The monoisotopic (exact) mass is 492 g/mol. The van der Waals surface area contributed by atoms with Crippen LogP contribution in [0.15, 0.2) is 77.5 Å². The van der Waals surface area contributed by atoms with Gasteiger partial charge in [-0.15, -0.1) is 5.10 Å². The lowest BCUT2D eigenvalue weighted by Gasteiger charge is -2.11. The molecule has 0 aliphatic heterocycles. The van der Waals surface area contributed by atoms with Crippen molar-refractivity contribution in [2.75, 3.05) is 12.4 Å². The second-order valence-electron chi connectivity index (χ2n) is 6.97. The Labute approximate surface area is 193 Å². The smallest absolute Gasteiger partial charge is 0.255 e. The Morgan fingerprint density at radius 1 is 1.09 bits per heavy atom. The molecule has 0 saturated carbocycles. The molecule has 162 valence electrons. The molecule has 4 rings (SSSR count). The Morgan fingerprint density at radius 3 is 2.62 bits per heavy atom. The molecule has 0 fully saturated rings. The SMILES string of the molecule is COc1ccc(Cn2cc(CNC(=O)c3cccnc3Nc3ccc(Br)cc3)nn2)cc1. The number of ether oxygens (including phenoxy) is 1. The fourth-order valence-electron chi connectivity index (χ4n) is 3.04. The molecule has 0 unspecified atom stereocenters. The van der Waals surface area contributed by atoms with Crippen LogP contribution in [0.5, 0.6) is 5.75 Å². The van der Waals surface area contributed by atoms with Gasteiger partial charge < -0.3 is 15.4 Å². The number of aromatic nitrogens is 4. The number of halogens is 1. The number of anilines is 2. The van der Waals surface area contributed by atoms with Crippen LogP contribution in [0.3, 0.4) is 0 Å². The van der Waals surface area contributed by atoms with Crippen molar-refractivity contribution in [1.29, 1.82) is 0 Å². The predicted octanol–water partition coefficient (Wildman–Crippen LogP) is 4.17. The quantitative estimate of drug-likeness (QED) is 0.383. The van der Waals surface area contributed by atoms with Gasteiger partial charge in [0, 0.05) is 16.4 Å². The molecular formula is C23H21BrN6O2. The molecule has 2 aromatic carbocycles. The number of rotatable bonds is 8. The predicted molar refractivity (Wildman–Crippen MR) is 125 cm³/mol. The van der Waals surface area contributed by atoms with Crippen molar-refractivity contribution in [3.8, 4) is 5.75 Å². The van der Waals surface area contributed by atoms with E-state index in [0.29, 0.717) is 23.6 Å². The number of hydrogen-bond donors (Lipinski definition) is 2. The molecule has 32 heavy (non-hydrogen) atoms. The van der Waals surface area contributed by atoms with Gasteiger partial charge in [0.05, 0.1) is 32.0 Å². The standard InChI is InChI=1S/C23H21BrN6O2/c1-32-20-10-4-16(5-11-20)14-30-15-19(28-29-30)13-26-23(31)21-3-2-12-25-22(21)27-18-8-6-17(24)7-9-18/h2-12,15H,13-14H2,1H3,(H,25,27)(H,26,31). The summed E-state index contributed by atoms with van der Waals surface area (Å²) in [5.41, 5.74) is 3.02. The van der Waals surface area contributed by atoms with E-state index in [0.717, 1.165) is 21.5 Å². The highest BCUT2D eigenvalue weighted by molar-refractivity contribution is 9.10. The first-order valence-corrected chi connectivity index (χ1v) is 10.7. The van der Waals surface area contributed by atoms with Crippen LogP contribution in [-0.4, -0.2) is 33.0 Å². The number of hydrogen-bond acceptors (Lipinski definition) is 6. The van der Waals surface area contributed by atoms with Crippen LogP contribution in [0.1, 0.15) is 21.6 Å². The molecule has 0 aliphatic rings. The Balaban J connectivity index is 1.37. The second-order valence-corrected chi connectivity index (χ2v) is 7.89. The van der Waals surface area contributed by atoms with Crippen molar-refractivity contribution >= 4 is 33.3 Å². The molecule has 0 saturated heterocycles. The molecule has 0 bridgehead atoms. The van der Waals surface area contributed by atoms with Gasteiger partial charge >= 0.3 is 0 Å². The average molecular weight is 493 g/mol. The molecule has 0 spiro atoms. The van der Waals surface area contributed by atoms with Gasteiger partial charge in [0.2, 0.25) is 0 Å². The fourth-order valence-corrected chi connectivity index (χ4v) is 3.30. The van der Waals surface area contributed by atoms with Crippen molar-refractivity contribution < 1.29 is 9.53 Å². The molecule has 2 heterocycles. The van der Waals surface area contributed by atoms with E-state index in [2.05, 4.69) is 41.9 Å². The first-order valence-electron chi connectivity index (χ1n) is 9.88. The highest BCUT2D eigenvalue weighted by Gasteiger charge is 2.13. The summed E-state index contributed by atoms with van der Waals surface area (Å²) in [7, 11) is 1.64. The zero-order valence-electron chi connectivity index (χ0n) is 17.3. The van der Waals surface area contributed by atoms with Crippen molar-refractivity contribution in [2.24, 2.45) is 0 Å². The summed E-state index contributed by atoms with van der Waals surface area (Å²) in [5, 5.41) is 14.4. The van der Waals surface area contributed by atoms with E-state index in [1.807, 2.05) is 54.7 Å². The van der Waals surface area contributed by atoms with Crippen molar-refractivity contribution in [3.05, 3.63) is 94.4 Å². The maximum atomic E-state index is 12.8. The summed E-state index contributed by atoms with van der Waals surface area (Å²) in [6, 6.07) is 18.9. The van der Waals surface area contributed by atoms with Crippen molar-refractivity contribution in [2.45, 2.75) is 13.1 Å². The third-order valence-corrected chi connectivity index (χ3v) is 5.21. The Bertz CT molecular complexity index is 1190. The molecule has 2 aromatic heterocycles. The van der Waals surface area contributed by atoms with E-state index < -0.39 is 0 Å². The van der Waals surface area contributed by atoms with E-state index in [4.69, 9.17) is 4.74 Å². The number of pyridine rings is 1. The summed E-state index contributed by atoms with van der Waals surface area (Å²) in [6.07, 6.45) is 3.46. The van der Waals surface area contributed by atoms with Gasteiger partial charge in [0.25, 0.3) is 5.91 Å². The van der Waals surface area contributed by atoms with Crippen molar-refractivity contribution in [3.63, 3.8) is 0 Å². The molecule has 0 atom stereocenters. The van der Waals surface area contributed by atoms with Crippen LogP contribution in [-0.2, 0) is 13.1 Å². The van der Waals surface area contributed by atoms with Gasteiger partial charge in [-0.25, -0.2) is 9.67 Å². The van der Waals surface area contributed by atoms with E-state index in [-0.39, 0.29) is 12.5 Å². The second kappa shape index (κ2) is 10.1. The van der Waals surface area contributed by atoms with Gasteiger partial charge in [-0.2, -0.15) is 0 Å². The molecule has 1 amide bonds. The van der Waals surface area contributed by atoms with Crippen molar-refractivity contribution in [1.82, 2.24) is 25.3 Å². The van der Waals surface area contributed by atoms with Crippen LogP contribution >= 0.6 is 15.9 Å². The average Bonchev–Trinajstić information content (AvgIpc) is 3.27. The molecule has 0 aliphatic carbocycles. The lowest BCUT2D eigenvalue weighted by atomic mass is 10.2. The lowest BCUT2D eigenvalue weighted by Crippen LogP contribution is -2.24. The Morgan fingerprint density at radius 2 is 1.88 bits per heavy atom. The zero-order valence-corrected chi connectivity index (χ0v) is 18.9. The fraction of sp³-hybridized carbons (Fsp3) is 0.130. The van der Waals surface area contributed by atoms with Gasteiger partial charge in [-0.1, -0.05) is 33.3 Å². The molecule has 9 heteroatoms. The summed E-state index contributed by atoms with van der Waals surface area (Å²) >= 11 is 3.41. The van der Waals surface area contributed by atoms with Crippen LogP contribution in [0.4, 0.5) is 11.5 Å². The van der Waals surface area contributed by atoms with E-state index >= 15 is 0 Å². The largest absolute Gasteiger partial charge is 0.497 e. The molecule has 0 radical (unpaired) electrons. The first kappa shape index (κ1) is 21.5. The molecular weight excluding hydrogens is 472 g/mol.